The fourth-order valence-electron chi connectivity index (χ4n) is 2.00. The van der Waals surface area contributed by atoms with E-state index in [2.05, 4.69) is 0 Å². The lowest BCUT2D eigenvalue weighted by molar-refractivity contribution is -0.292. The largest absolute Gasteiger partial charge is 0.456 e. The van der Waals surface area contributed by atoms with E-state index < -0.39 is 55.3 Å². The zero-order valence-electron chi connectivity index (χ0n) is 11.8. The van der Waals surface area contributed by atoms with E-state index in [1.165, 1.54) is 0 Å². The summed E-state index contributed by atoms with van der Waals surface area (Å²) in [5, 5.41) is 9.76. The molecule has 1 heterocycles. The Morgan fingerprint density at radius 2 is 1.38 bits per heavy atom. The monoisotopic (exact) mass is 308 g/mol. The summed E-state index contributed by atoms with van der Waals surface area (Å²) < 4.78 is 32.5. The van der Waals surface area contributed by atoms with Crippen LogP contribution < -0.4 is 0 Å². The van der Waals surface area contributed by atoms with E-state index >= 15 is 0 Å². The average molecular weight is 308 g/mol. The van der Waals surface area contributed by atoms with Gasteiger partial charge in [-0.15, -0.1) is 0 Å². The lowest BCUT2D eigenvalue weighted by atomic mass is 9.98. The third-order valence-corrected chi connectivity index (χ3v) is 2.67. The molecule has 8 nitrogen and oxygen atoms in total. The Morgan fingerprint density at radius 3 is 1.81 bits per heavy atom. The van der Waals surface area contributed by atoms with Crippen LogP contribution in [0.1, 0.15) is 20.8 Å². The lowest BCUT2D eigenvalue weighted by Gasteiger charge is -2.42. The molecule has 1 fully saturated rings. The van der Waals surface area contributed by atoms with Crippen LogP contribution in [0, 0.1) is 0 Å². The van der Waals surface area contributed by atoms with E-state index in [-0.39, 0.29) is 0 Å². The van der Waals surface area contributed by atoms with Crippen LogP contribution in [0.3, 0.4) is 0 Å². The summed E-state index contributed by atoms with van der Waals surface area (Å²) in [5.74, 6) is -2.32. The van der Waals surface area contributed by atoms with Gasteiger partial charge in [0.1, 0.15) is 12.8 Å². The van der Waals surface area contributed by atoms with E-state index in [4.69, 9.17) is 18.9 Å². The molecule has 1 rings (SSSR count). The van der Waals surface area contributed by atoms with E-state index in [0.29, 0.717) is 0 Å². The minimum Gasteiger partial charge on any atom is -0.456 e. The SMILES string of the molecule is CC(=O)O[C@@H]1[C@@H](OC(C)=O)[C@H](CF)O[C@@H](O)[C@H]1OC(C)=O. The first kappa shape index (κ1) is 17.3. The molecule has 21 heavy (non-hydrogen) atoms. The molecule has 1 N–H and O–H groups in total. The molecule has 0 radical (unpaired) electrons. The number of halogens is 1. The highest BCUT2D eigenvalue weighted by atomic mass is 19.1. The van der Waals surface area contributed by atoms with E-state index in [9.17, 15) is 23.9 Å². The van der Waals surface area contributed by atoms with Gasteiger partial charge in [-0.1, -0.05) is 0 Å². The van der Waals surface area contributed by atoms with Gasteiger partial charge in [0.05, 0.1) is 0 Å². The Balaban J connectivity index is 3.08. The molecule has 0 saturated carbocycles. The number of aliphatic hydroxyl groups is 1. The molecular weight excluding hydrogens is 291 g/mol. The highest BCUT2D eigenvalue weighted by Crippen LogP contribution is 2.28. The van der Waals surface area contributed by atoms with Crippen LogP contribution in [0.4, 0.5) is 4.39 Å². The van der Waals surface area contributed by atoms with Crippen molar-refractivity contribution in [2.24, 2.45) is 0 Å². The molecule has 0 aromatic heterocycles. The standard InChI is InChI=1S/C12H17FO8/c1-5(14)18-9-8(4-13)21-12(17)11(20-7(3)16)10(9)19-6(2)15/h8-12,17H,4H2,1-3H3/t8-,9-,10+,11-,12+/m0/s1. The summed E-state index contributed by atoms with van der Waals surface area (Å²) in [5.41, 5.74) is 0. The van der Waals surface area contributed by atoms with Crippen molar-refractivity contribution >= 4 is 17.9 Å². The quantitative estimate of drug-likeness (QED) is 0.545. The smallest absolute Gasteiger partial charge is 0.303 e. The molecule has 0 amide bonds. The van der Waals surface area contributed by atoms with Gasteiger partial charge in [0.25, 0.3) is 0 Å². The average Bonchev–Trinajstić information content (AvgIpc) is 2.35. The topological polar surface area (TPSA) is 108 Å². The molecular formula is C12H17FO8. The van der Waals surface area contributed by atoms with Crippen LogP contribution in [0.25, 0.3) is 0 Å². The molecule has 1 aliphatic heterocycles. The van der Waals surface area contributed by atoms with Gasteiger partial charge >= 0.3 is 17.9 Å². The molecule has 5 atom stereocenters. The predicted octanol–water partition coefficient (Wildman–Crippen LogP) is -0.532. The summed E-state index contributed by atoms with van der Waals surface area (Å²) in [6, 6.07) is 0. The molecule has 0 spiro atoms. The Morgan fingerprint density at radius 1 is 0.952 bits per heavy atom. The molecule has 0 aromatic rings. The number of hydrogen-bond donors (Lipinski definition) is 1. The second kappa shape index (κ2) is 7.32. The number of carbonyl (C=O) groups excluding carboxylic acids is 3. The predicted molar refractivity (Wildman–Crippen MR) is 63.5 cm³/mol. The molecule has 0 bridgehead atoms. The number of ether oxygens (including phenoxy) is 4. The van der Waals surface area contributed by atoms with Crippen molar-refractivity contribution in [3.8, 4) is 0 Å². The van der Waals surface area contributed by atoms with E-state index in [1.54, 1.807) is 0 Å². The fraction of sp³-hybridized carbons (Fsp3) is 0.750. The molecule has 9 heteroatoms. The summed E-state index contributed by atoms with van der Waals surface area (Å²) in [6.07, 6.45) is -7.21. The van der Waals surface area contributed by atoms with Gasteiger partial charge in [0, 0.05) is 20.8 Å². The minimum absolute atomic E-state index is 0.767. The van der Waals surface area contributed by atoms with E-state index in [1.807, 2.05) is 0 Å². The van der Waals surface area contributed by atoms with Gasteiger partial charge in [0.2, 0.25) is 0 Å². The third-order valence-electron chi connectivity index (χ3n) is 2.67. The third kappa shape index (κ3) is 4.64. The summed E-state index contributed by atoms with van der Waals surface area (Å²) in [6.45, 7) is 2.12. The number of esters is 3. The van der Waals surface area contributed by atoms with Crippen molar-refractivity contribution in [1.29, 1.82) is 0 Å². The summed E-state index contributed by atoms with van der Waals surface area (Å²) >= 11 is 0. The maximum atomic E-state index is 13.0. The number of alkyl halides is 1. The van der Waals surface area contributed by atoms with Crippen LogP contribution in [-0.4, -0.2) is 60.4 Å². The van der Waals surface area contributed by atoms with Gasteiger partial charge < -0.3 is 24.1 Å². The van der Waals surface area contributed by atoms with Crippen LogP contribution in [0.2, 0.25) is 0 Å². The van der Waals surface area contributed by atoms with Crippen molar-refractivity contribution in [3.05, 3.63) is 0 Å². The van der Waals surface area contributed by atoms with E-state index in [0.717, 1.165) is 20.8 Å². The minimum atomic E-state index is -1.72. The zero-order chi connectivity index (χ0) is 16.2. The first-order chi connectivity index (χ1) is 9.76. The zero-order valence-corrected chi connectivity index (χ0v) is 11.8. The molecule has 1 aliphatic rings. The van der Waals surface area contributed by atoms with Crippen molar-refractivity contribution < 1.29 is 42.8 Å². The van der Waals surface area contributed by atoms with Crippen molar-refractivity contribution in [2.75, 3.05) is 6.67 Å². The Bertz CT molecular complexity index is 412. The molecule has 0 aliphatic carbocycles. The number of aliphatic hydroxyl groups excluding tert-OH is 1. The van der Waals surface area contributed by atoms with Gasteiger partial charge in [-0.05, 0) is 0 Å². The Labute approximate surface area is 120 Å². The Hall–Kier alpha value is -1.74. The normalized spacial score (nSPS) is 32.1. The molecule has 1 saturated heterocycles. The number of carbonyl (C=O) groups is 3. The highest BCUT2D eigenvalue weighted by Gasteiger charge is 2.51. The molecule has 120 valence electrons. The second-order valence-electron chi connectivity index (χ2n) is 4.44. The summed E-state index contributed by atoms with van der Waals surface area (Å²) in [7, 11) is 0. The van der Waals surface area contributed by atoms with Gasteiger partial charge in [-0.25, -0.2) is 4.39 Å². The number of rotatable bonds is 4. The van der Waals surface area contributed by atoms with Crippen LogP contribution in [0.5, 0.6) is 0 Å². The highest BCUT2D eigenvalue weighted by molar-refractivity contribution is 5.68. The summed E-state index contributed by atoms with van der Waals surface area (Å²) in [4.78, 5) is 33.3. The van der Waals surface area contributed by atoms with Gasteiger partial charge in [-0.2, -0.15) is 0 Å². The van der Waals surface area contributed by atoms with Crippen LogP contribution in [-0.2, 0) is 33.3 Å². The number of hydrogen-bond acceptors (Lipinski definition) is 8. The van der Waals surface area contributed by atoms with Crippen molar-refractivity contribution in [3.63, 3.8) is 0 Å². The Kier molecular flexibility index (Phi) is 6.03. The fourth-order valence-corrected chi connectivity index (χ4v) is 2.00. The van der Waals surface area contributed by atoms with Crippen molar-refractivity contribution in [2.45, 2.75) is 51.5 Å². The maximum absolute atomic E-state index is 13.0. The first-order valence-electron chi connectivity index (χ1n) is 6.17. The second-order valence-corrected chi connectivity index (χ2v) is 4.44. The lowest BCUT2D eigenvalue weighted by Crippen LogP contribution is -2.61. The van der Waals surface area contributed by atoms with Crippen molar-refractivity contribution in [1.82, 2.24) is 0 Å². The first-order valence-corrected chi connectivity index (χ1v) is 6.17. The van der Waals surface area contributed by atoms with Crippen LogP contribution in [0.15, 0.2) is 0 Å². The van der Waals surface area contributed by atoms with Gasteiger partial charge in [-0.3, -0.25) is 14.4 Å². The van der Waals surface area contributed by atoms with Gasteiger partial charge in [0.15, 0.2) is 24.6 Å². The maximum Gasteiger partial charge on any atom is 0.303 e. The molecule has 0 aromatic carbocycles. The molecule has 0 unspecified atom stereocenters. The van der Waals surface area contributed by atoms with Crippen LogP contribution >= 0.6 is 0 Å².